The molecule has 70 valence electrons. The van der Waals surface area contributed by atoms with Gasteiger partial charge in [-0.25, -0.2) is 0 Å². The summed E-state index contributed by atoms with van der Waals surface area (Å²) < 4.78 is 1.60. The average molecular weight is 196 g/mol. The van der Waals surface area contributed by atoms with E-state index in [2.05, 4.69) is 6.07 Å². The van der Waals surface area contributed by atoms with Crippen molar-refractivity contribution >= 4 is 11.3 Å². The topological polar surface area (TPSA) is 45.8 Å². The number of hydrogen-bond acceptors (Lipinski definition) is 3. The number of aromatic nitrogens is 1. The van der Waals surface area contributed by atoms with Gasteiger partial charge in [-0.05, 0) is 5.92 Å². The number of nitrogens with zero attached hydrogens (tertiary/aromatic N) is 2. The van der Waals surface area contributed by atoms with Crippen molar-refractivity contribution in [2.75, 3.05) is 0 Å². The molecule has 1 aromatic heterocycles. The van der Waals surface area contributed by atoms with Gasteiger partial charge >= 0.3 is 4.87 Å². The summed E-state index contributed by atoms with van der Waals surface area (Å²) in [5.41, 5.74) is 0. The van der Waals surface area contributed by atoms with Crippen molar-refractivity contribution in [2.45, 2.75) is 20.4 Å². The molecule has 4 heteroatoms. The van der Waals surface area contributed by atoms with Crippen LogP contribution >= 0.6 is 11.3 Å². The minimum atomic E-state index is -0.0766. The van der Waals surface area contributed by atoms with Gasteiger partial charge in [-0.3, -0.25) is 4.79 Å². The fourth-order valence-corrected chi connectivity index (χ4v) is 1.63. The Balaban J connectivity index is 2.75. The van der Waals surface area contributed by atoms with E-state index in [-0.39, 0.29) is 16.7 Å². The van der Waals surface area contributed by atoms with Crippen molar-refractivity contribution in [2.24, 2.45) is 11.8 Å². The molecule has 1 heterocycles. The maximum Gasteiger partial charge on any atom is 0.307 e. The fourth-order valence-electron chi connectivity index (χ4n) is 1.04. The Bertz CT molecular complexity index is 358. The molecule has 13 heavy (non-hydrogen) atoms. The molecular formula is C9H12N2OS. The zero-order valence-corrected chi connectivity index (χ0v) is 8.54. The quantitative estimate of drug-likeness (QED) is 0.738. The van der Waals surface area contributed by atoms with Gasteiger partial charge in [-0.2, -0.15) is 5.26 Å². The Kier molecular flexibility index (Phi) is 3.26. The van der Waals surface area contributed by atoms with Crippen molar-refractivity contribution in [3.63, 3.8) is 0 Å². The molecule has 1 rings (SSSR count). The third kappa shape index (κ3) is 2.43. The summed E-state index contributed by atoms with van der Waals surface area (Å²) in [6, 6.07) is 2.21. The second-order valence-corrected chi connectivity index (χ2v) is 4.16. The van der Waals surface area contributed by atoms with Gasteiger partial charge < -0.3 is 4.57 Å². The minimum absolute atomic E-state index is 0.0147. The summed E-state index contributed by atoms with van der Waals surface area (Å²) in [5, 5.41) is 10.6. The van der Waals surface area contributed by atoms with E-state index in [4.69, 9.17) is 5.26 Å². The molecule has 0 amide bonds. The van der Waals surface area contributed by atoms with E-state index < -0.39 is 0 Å². The molecule has 3 nitrogen and oxygen atoms in total. The van der Waals surface area contributed by atoms with Crippen LogP contribution in [-0.4, -0.2) is 4.57 Å². The molecule has 0 aromatic carbocycles. The van der Waals surface area contributed by atoms with Gasteiger partial charge in [0.05, 0.1) is 12.0 Å². The van der Waals surface area contributed by atoms with E-state index in [0.717, 1.165) is 0 Å². The Morgan fingerprint density at radius 1 is 1.69 bits per heavy atom. The lowest BCUT2D eigenvalue weighted by molar-refractivity contribution is 0.412. The fraction of sp³-hybridized carbons (Fsp3) is 0.556. The highest BCUT2D eigenvalue weighted by Gasteiger charge is 2.13. The van der Waals surface area contributed by atoms with Crippen LogP contribution in [-0.2, 0) is 6.54 Å². The molecule has 0 N–H and O–H groups in total. The Hall–Kier alpha value is -1.08. The van der Waals surface area contributed by atoms with Crippen LogP contribution in [0.25, 0.3) is 0 Å². The maximum atomic E-state index is 11.2. The lowest BCUT2D eigenvalue weighted by Gasteiger charge is -2.12. The second kappa shape index (κ2) is 4.24. The van der Waals surface area contributed by atoms with Gasteiger partial charge in [0.1, 0.15) is 0 Å². The first-order chi connectivity index (χ1) is 6.15. The summed E-state index contributed by atoms with van der Waals surface area (Å²) in [5.74, 6) is 0.212. The zero-order chi connectivity index (χ0) is 9.84. The van der Waals surface area contributed by atoms with Gasteiger partial charge in [0, 0.05) is 18.1 Å². The second-order valence-electron chi connectivity index (χ2n) is 3.30. The van der Waals surface area contributed by atoms with E-state index in [9.17, 15) is 4.79 Å². The molecule has 1 aromatic rings. The van der Waals surface area contributed by atoms with Gasteiger partial charge in [0.25, 0.3) is 0 Å². The third-order valence-electron chi connectivity index (χ3n) is 2.01. The highest BCUT2D eigenvalue weighted by atomic mass is 32.1. The normalized spacial score (nSPS) is 12.8. The third-order valence-corrected chi connectivity index (χ3v) is 2.70. The van der Waals surface area contributed by atoms with Crippen LogP contribution in [0.1, 0.15) is 13.8 Å². The first-order valence-electron chi connectivity index (χ1n) is 4.18. The predicted octanol–water partition coefficient (Wildman–Crippen LogP) is 1.71. The van der Waals surface area contributed by atoms with E-state index in [0.29, 0.717) is 6.54 Å². The lowest BCUT2D eigenvalue weighted by atomic mass is 9.98. The molecule has 0 aliphatic heterocycles. The number of nitriles is 1. The molecule has 0 bridgehead atoms. The summed E-state index contributed by atoms with van der Waals surface area (Å²) in [4.78, 5) is 11.2. The number of rotatable bonds is 3. The Labute approximate surface area is 81.2 Å². The molecule has 0 spiro atoms. The number of thiazole rings is 1. The van der Waals surface area contributed by atoms with E-state index in [1.807, 2.05) is 13.8 Å². The molecule has 0 saturated heterocycles. The average Bonchev–Trinajstić information content (AvgIpc) is 2.46. The molecule has 0 aliphatic rings. The van der Waals surface area contributed by atoms with Crippen molar-refractivity contribution in [1.29, 1.82) is 5.26 Å². The number of hydrogen-bond donors (Lipinski definition) is 0. The monoisotopic (exact) mass is 196 g/mol. The molecule has 0 aliphatic carbocycles. The minimum Gasteiger partial charge on any atom is -0.305 e. The molecule has 0 radical (unpaired) electrons. The SMILES string of the molecule is CC(C)C(C#N)Cn1ccsc1=O. The summed E-state index contributed by atoms with van der Waals surface area (Å²) in [7, 11) is 0. The van der Waals surface area contributed by atoms with Crippen LogP contribution in [0.5, 0.6) is 0 Å². The van der Waals surface area contributed by atoms with Crippen LogP contribution in [0.15, 0.2) is 16.4 Å². The van der Waals surface area contributed by atoms with Crippen LogP contribution < -0.4 is 4.87 Å². The van der Waals surface area contributed by atoms with Gasteiger partial charge in [-0.1, -0.05) is 25.2 Å². The van der Waals surface area contributed by atoms with Crippen LogP contribution in [0.2, 0.25) is 0 Å². The standard InChI is InChI=1S/C9H12N2OS/c1-7(2)8(5-10)6-11-3-4-13-9(11)12/h3-4,7-8H,6H2,1-2H3. The van der Waals surface area contributed by atoms with E-state index >= 15 is 0 Å². The zero-order valence-electron chi connectivity index (χ0n) is 7.73. The van der Waals surface area contributed by atoms with Crippen LogP contribution in [0.3, 0.4) is 0 Å². The maximum absolute atomic E-state index is 11.2. The molecule has 1 atom stereocenters. The highest BCUT2D eigenvalue weighted by Crippen LogP contribution is 2.11. The first-order valence-corrected chi connectivity index (χ1v) is 5.06. The molecular weight excluding hydrogens is 184 g/mol. The van der Waals surface area contributed by atoms with Crippen molar-refractivity contribution in [3.05, 3.63) is 21.2 Å². The smallest absolute Gasteiger partial charge is 0.305 e. The molecule has 0 saturated carbocycles. The van der Waals surface area contributed by atoms with Crippen molar-refractivity contribution < 1.29 is 0 Å². The van der Waals surface area contributed by atoms with Crippen molar-refractivity contribution in [1.82, 2.24) is 4.57 Å². The Morgan fingerprint density at radius 2 is 2.38 bits per heavy atom. The van der Waals surface area contributed by atoms with Crippen LogP contribution in [0.4, 0.5) is 0 Å². The van der Waals surface area contributed by atoms with Crippen molar-refractivity contribution in [3.8, 4) is 6.07 Å². The summed E-state index contributed by atoms with van der Waals surface area (Å²) >= 11 is 1.17. The van der Waals surface area contributed by atoms with Crippen LogP contribution in [0, 0.1) is 23.2 Å². The molecule has 0 fully saturated rings. The predicted molar refractivity (Wildman–Crippen MR) is 52.5 cm³/mol. The van der Waals surface area contributed by atoms with E-state index in [1.54, 1.807) is 16.1 Å². The van der Waals surface area contributed by atoms with Gasteiger partial charge in [0.15, 0.2) is 0 Å². The Morgan fingerprint density at radius 3 is 2.77 bits per heavy atom. The van der Waals surface area contributed by atoms with Gasteiger partial charge in [-0.15, -0.1) is 0 Å². The molecule has 1 unspecified atom stereocenters. The highest BCUT2D eigenvalue weighted by molar-refractivity contribution is 7.07. The van der Waals surface area contributed by atoms with E-state index in [1.165, 1.54) is 11.3 Å². The summed E-state index contributed by atoms with van der Waals surface area (Å²) in [6.07, 6.45) is 1.74. The largest absolute Gasteiger partial charge is 0.307 e. The van der Waals surface area contributed by atoms with Gasteiger partial charge in [0.2, 0.25) is 0 Å². The summed E-state index contributed by atoms with van der Waals surface area (Å²) in [6.45, 7) is 4.49. The first kappa shape index (κ1) is 10.0. The lowest BCUT2D eigenvalue weighted by Crippen LogP contribution is -2.20.